The van der Waals surface area contributed by atoms with Crippen LogP contribution in [-0.4, -0.2) is 47.9 Å². The summed E-state index contributed by atoms with van der Waals surface area (Å²) in [6, 6.07) is 4.18. The van der Waals surface area contributed by atoms with Crippen molar-refractivity contribution in [2.45, 2.75) is 40.3 Å². The molecule has 2 aromatic rings. The minimum absolute atomic E-state index is 0.628. The number of nitrogens with zero attached hydrogens (tertiary/aromatic N) is 4. The van der Waals surface area contributed by atoms with Crippen molar-refractivity contribution in [3.8, 4) is 11.5 Å². The molecule has 1 aromatic heterocycles. The number of guanidine groups is 1. The van der Waals surface area contributed by atoms with Crippen LogP contribution in [0.15, 0.2) is 17.1 Å². The highest BCUT2D eigenvalue weighted by molar-refractivity contribution is 5.80. The summed E-state index contributed by atoms with van der Waals surface area (Å²) in [5.41, 5.74) is 5.96. The molecule has 0 fully saturated rings. The third-order valence-corrected chi connectivity index (χ3v) is 5.40. The van der Waals surface area contributed by atoms with Gasteiger partial charge in [-0.3, -0.25) is 4.68 Å². The fourth-order valence-corrected chi connectivity index (χ4v) is 3.69. The van der Waals surface area contributed by atoms with Crippen molar-refractivity contribution in [2.75, 3.05) is 27.3 Å². The van der Waals surface area contributed by atoms with Gasteiger partial charge in [-0.1, -0.05) is 0 Å². The lowest BCUT2D eigenvalue weighted by Crippen LogP contribution is -2.44. The van der Waals surface area contributed by atoms with E-state index in [2.05, 4.69) is 41.3 Å². The number of fused-ring (bicyclic) bond motifs is 1. The Morgan fingerprint density at radius 2 is 1.86 bits per heavy atom. The topological polar surface area (TPSA) is 63.9 Å². The maximum absolute atomic E-state index is 5.48. The number of aryl methyl sites for hydroxylation is 2. The van der Waals surface area contributed by atoms with Gasteiger partial charge in [-0.2, -0.15) is 5.10 Å². The summed E-state index contributed by atoms with van der Waals surface area (Å²) in [5.74, 6) is 2.50. The fourth-order valence-electron chi connectivity index (χ4n) is 3.69. The first-order chi connectivity index (χ1) is 13.5. The first-order valence-electron chi connectivity index (χ1n) is 9.74. The maximum Gasteiger partial charge on any atom is 0.194 e. The van der Waals surface area contributed by atoms with E-state index in [0.717, 1.165) is 54.9 Å². The SMILES string of the molecule is CCNC(=NCc1c(C)nn(C)c1C)N1CCc2cc(OC)c(OC)cc2C1. The van der Waals surface area contributed by atoms with Crippen LogP contribution in [0.25, 0.3) is 0 Å². The van der Waals surface area contributed by atoms with E-state index in [1.54, 1.807) is 14.2 Å². The highest BCUT2D eigenvalue weighted by Crippen LogP contribution is 2.33. The molecule has 0 unspecified atom stereocenters. The number of benzene rings is 1. The highest BCUT2D eigenvalue weighted by Gasteiger charge is 2.22. The van der Waals surface area contributed by atoms with Crippen LogP contribution in [0.2, 0.25) is 0 Å². The molecule has 0 spiro atoms. The van der Waals surface area contributed by atoms with Gasteiger partial charge in [-0.25, -0.2) is 4.99 Å². The number of methoxy groups -OCH3 is 2. The molecular formula is C21H31N5O2. The largest absolute Gasteiger partial charge is 0.493 e. The standard InChI is InChI=1S/C21H31N5O2/c1-7-22-21(23-12-18-14(2)24-25(4)15(18)3)26-9-8-16-10-19(27-5)20(28-6)11-17(16)13-26/h10-11H,7-9,12-13H2,1-6H3,(H,22,23). The molecule has 152 valence electrons. The molecular weight excluding hydrogens is 354 g/mol. The maximum atomic E-state index is 5.48. The van der Waals surface area contributed by atoms with Crippen LogP contribution in [0.1, 0.15) is 35.0 Å². The molecule has 0 amide bonds. The van der Waals surface area contributed by atoms with Crippen LogP contribution < -0.4 is 14.8 Å². The predicted molar refractivity (Wildman–Crippen MR) is 111 cm³/mol. The molecule has 2 heterocycles. The lowest BCUT2D eigenvalue weighted by molar-refractivity contribution is 0.346. The van der Waals surface area contributed by atoms with E-state index in [1.807, 2.05) is 18.7 Å². The second kappa shape index (κ2) is 8.54. The van der Waals surface area contributed by atoms with E-state index in [9.17, 15) is 0 Å². The molecule has 0 saturated heterocycles. The lowest BCUT2D eigenvalue weighted by Gasteiger charge is -2.32. The van der Waals surface area contributed by atoms with Gasteiger partial charge in [0.25, 0.3) is 0 Å². The summed E-state index contributed by atoms with van der Waals surface area (Å²) < 4.78 is 12.8. The van der Waals surface area contributed by atoms with Gasteiger partial charge in [-0.15, -0.1) is 0 Å². The van der Waals surface area contributed by atoms with Gasteiger partial charge in [0.05, 0.1) is 26.5 Å². The number of hydrogen-bond donors (Lipinski definition) is 1. The van der Waals surface area contributed by atoms with Gasteiger partial charge in [-0.05, 0) is 50.5 Å². The Kier molecular flexibility index (Phi) is 6.11. The highest BCUT2D eigenvalue weighted by atomic mass is 16.5. The van der Waals surface area contributed by atoms with Crippen LogP contribution in [0, 0.1) is 13.8 Å². The molecule has 0 saturated carbocycles. The molecule has 0 radical (unpaired) electrons. The van der Waals surface area contributed by atoms with Crippen LogP contribution in [0.3, 0.4) is 0 Å². The van der Waals surface area contributed by atoms with Gasteiger partial charge in [0.1, 0.15) is 0 Å². The van der Waals surface area contributed by atoms with Crippen molar-refractivity contribution in [3.05, 3.63) is 40.2 Å². The monoisotopic (exact) mass is 385 g/mol. The summed E-state index contributed by atoms with van der Waals surface area (Å²) in [4.78, 5) is 7.22. The first-order valence-corrected chi connectivity index (χ1v) is 9.74. The van der Waals surface area contributed by atoms with E-state index in [0.29, 0.717) is 6.54 Å². The molecule has 1 N–H and O–H groups in total. The molecule has 0 atom stereocenters. The van der Waals surface area contributed by atoms with Crippen molar-refractivity contribution >= 4 is 5.96 Å². The third-order valence-electron chi connectivity index (χ3n) is 5.40. The van der Waals surface area contributed by atoms with Crippen LogP contribution in [0.5, 0.6) is 11.5 Å². The van der Waals surface area contributed by atoms with E-state index in [-0.39, 0.29) is 0 Å². The number of nitrogens with one attached hydrogen (secondary N) is 1. The van der Waals surface area contributed by atoms with Crippen LogP contribution in [0.4, 0.5) is 0 Å². The molecule has 28 heavy (non-hydrogen) atoms. The number of rotatable bonds is 5. The summed E-state index contributed by atoms with van der Waals surface area (Å²) in [6.45, 7) is 9.41. The normalized spacial score (nSPS) is 14.1. The lowest BCUT2D eigenvalue weighted by atomic mass is 9.99. The second-order valence-corrected chi connectivity index (χ2v) is 7.09. The summed E-state index contributed by atoms with van der Waals surface area (Å²) >= 11 is 0. The Morgan fingerprint density at radius 3 is 2.43 bits per heavy atom. The van der Waals surface area contributed by atoms with Crippen molar-refractivity contribution in [2.24, 2.45) is 12.0 Å². The van der Waals surface area contributed by atoms with Gasteiger partial charge in [0.2, 0.25) is 0 Å². The molecule has 7 nitrogen and oxygen atoms in total. The molecule has 3 rings (SSSR count). The molecule has 1 aliphatic heterocycles. The molecule has 1 aromatic carbocycles. The van der Waals surface area contributed by atoms with Crippen molar-refractivity contribution in [1.29, 1.82) is 0 Å². The smallest absolute Gasteiger partial charge is 0.194 e. The Morgan fingerprint density at radius 1 is 1.18 bits per heavy atom. The van der Waals surface area contributed by atoms with E-state index in [1.165, 1.54) is 16.7 Å². The Balaban J connectivity index is 1.83. The Hall–Kier alpha value is -2.70. The molecule has 7 heteroatoms. The zero-order chi connectivity index (χ0) is 20.3. The third kappa shape index (κ3) is 3.93. The number of aliphatic imine (C=N–C) groups is 1. The minimum Gasteiger partial charge on any atom is -0.493 e. The zero-order valence-corrected chi connectivity index (χ0v) is 17.8. The van der Waals surface area contributed by atoms with Gasteiger partial charge in [0, 0.05) is 37.9 Å². The quantitative estimate of drug-likeness (QED) is 0.633. The van der Waals surface area contributed by atoms with Crippen molar-refractivity contribution in [1.82, 2.24) is 20.0 Å². The average Bonchev–Trinajstić information content (AvgIpc) is 2.95. The molecule has 0 bridgehead atoms. The Labute approximate surface area is 167 Å². The zero-order valence-electron chi connectivity index (χ0n) is 17.8. The number of aromatic nitrogens is 2. The van der Waals surface area contributed by atoms with Crippen LogP contribution in [-0.2, 0) is 26.6 Å². The molecule has 1 aliphatic rings. The summed E-state index contributed by atoms with van der Waals surface area (Å²) in [7, 11) is 5.33. The number of hydrogen-bond acceptors (Lipinski definition) is 4. The fraction of sp³-hybridized carbons (Fsp3) is 0.524. The first kappa shape index (κ1) is 20.0. The summed E-state index contributed by atoms with van der Waals surface area (Å²) in [5, 5.41) is 7.94. The average molecular weight is 386 g/mol. The Bertz CT molecular complexity index is 872. The van der Waals surface area contributed by atoms with Crippen molar-refractivity contribution < 1.29 is 9.47 Å². The van der Waals surface area contributed by atoms with Gasteiger partial charge >= 0.3 is 0 Å². The van der Waals surface area contributed by atoms with E-state index in [4.69, 9.17) is 14.5 Å². The van der Waals surface area contributed by atoms with E-state index < -0.39 is 0 Å². The van der Waals surface area contributed by atoms with Gasteiger partial charge < -0.3 is 19.7 Å². The second-order valence-electron chi connectivity index (χ2n) is 7.09. The van der Waals surface area contributed by atoms with E-state index >= 15 is 0 Å². The minimum atomic E-state index is 0.628. The predicted octanol–water partition coefficient (Wildman–Crippen LogP) is 2.58. The summed E-state index contributed by atoms with van der Waals surface area (Å²) in [6.07, 6.45) is 0.949. The van der Waals surface area contributed by atoms with Crippen molar-refractivity contribution in [3.63, 3.8) is 0 Å². The number of ether oxygens (including phenoxy) is 2. The van der Waals surface area contributed by atoms with Crippen LogP contribution >= 0.6 is 0 Å². The molecule has 0 aliphatic carbocycles. The van der Waals surface area contributed by atoms with Gasteiger partial charge in [0.15, 0.2) is 17.5 Å².